The number of rotatable bonds is 10. The Kier molecular flexibility index (Phi) is 7.59. The van der Waals surface area contributed by atoms with Gasteiger partial charge >= 0.3 is 11.7 Å². The lowest BCUT2D eigenvalue weighted by Gasteiger charge is -2.09. The van der Waals surface area contributed by atoms with Crippen molar-refractivity contribution in [1.82, 2.24) is 4.72 Å². The third kappa shape index (κ3) is 5.78. The maximum Gasteiger partial charge on any atom is 0.312 e. The van der Waals surface area contributed by atoms with Crippen LogP contribution in [0.1, 0.15) is 39.0 Å². The van der Waals surface area contributed by atoms with E-state index in [2.05, 4.69) is 0 Å². The van der Waals surface area contributed by atoms with Gasteiger partial charge in [0.15, 0.2) is 11.6 Å². The molecule has 0 bridgehead atoms. The lowest BCUT2D eigenvalue weighted by atomic mass is 10.2. The predicted molar refractivity (Wildman–Crippen MR) is 87.5 cm³/mol. The van der Waals surface area contributed by atoms with Gasteiger partial charge in [-0.1, -0.05) is 32.3 Å². The van der Waals surface area contributed by atoms with Gasteiger partial charge in [0.25, 0.3) is 0 Å². The Hall–Kier alpha value is -2.20. The van der Waals surface area contributed by atoms with Gasteiger partial charge in [0.1, 0.15) is 5.69 Å². The molecule has 1 rings (SSSR count). The van der Waals surface area contributed by atoms with E-state index in [9.17, 15) is 23.3 Å². The monoisotopic (exact) mass is 359 g/mol. The number of hydrogen-bond acceptors (Lipinski definition) is 7. The Balaban J connectivity index is 2.64. The van der Waals surface area contributed by atoms with Gasteiger partial charge in [-0.25, -0.2) is 8.42 Å². The van der Waals surface area contributed by atoms with Gasteiger partial charge in [-0.2, -0.15) is 4.72 Å². The molecule has 0 fully saturated rings. The zero-order valence-electron chi connectivity index (χ0n) is 13.4. The predicted octanol–water partition coefficient (Wildman–Crippen LogP) is 1.93. The van der Waals surface area contributed by atoms with Crippen molar-refractivity contribution in [2.75, 3.05) is 12.5 Å². The Morgan fingerprint density at radius 1 is 1.33 bits per heavy atom. The normalized spacial score (nSPS) is 11.2. The number of para-hydroxylation sites is 1. The SMILES string of the molecule is CCCCCCC(=O)OCNS(=O)(=O)c1cccc(N)c1[N+](=O)[O-]. The molecule has 1 aromatic carbocycles. The number of carbonyl (C=O) groups excluding carboxylic acids is 1. The number of nitro groups is 1. The number of nitro benzene ring substituents is 1. The molecule has 0 radical (unpaired) electrons. The number of nitrogens with two attached hydrogens (primary N) is 1. The zero-order valence-corrected chi connectivity index (χ0v) is 14.2. The van der Waals surface area contributed by atoms with Crippen LogP contribution in [0.3, 0.4) is 0 Å². The minimum atomic E-state index is -4.23. The van der Waals surface area contributed by atoms with Crippen LogP contribution in [0.25, 0.3) is 0 Å². The van der Waals surface area contributed by atoms with Crippen LogP contribution in [0.4, 0.5) is 11.4 Å². The molecule has 10 heteroatoms. The van der Waals surface area contributed by atoms with E-state index in [4.69, 9.17) is 10.5 Å². The fourth-order valence-electron chi connectivity index (χ4n) is 1.99. The first-order chi connectivity index (χ1) is 11.3. The average molecular weight is 359 g/mol. The first-order valence-electron chi connectivity index (χ1n) is 7.47. The number of nitrogen functional groups attached to an aromatic ring is 1. The van der Waals surface area contributed by atoms with Crippen LogP contribution in [0.2, 0.25) is 0 Å². The van der Waals surface area contributed by atoms with E-state index in [0.29, 0.717) is 6.42 Å². The van der Waals surface area contributed by atoms with Gasteiger partial charge in [-0.3, -0.25) is 14.9 Å². The molecule has 0 saturated heterocycles. The van der Waals surface area contributed by atoms with Crippen LogP contribution >= 0.6 is 0 Å². The molecule has 0 spiro atoms. The Morgan fingerprint density at radius 3 is 2.67 bits per heavy atom. The summed E-state index contributed by atoms with van der Waals surface area (Å²) in [6.07, 6.45) is 3.81. The standard InChI is InChI=1S/C14H21N3O6S/c1-2-3-4-5-9-13(18)23-10-16-24(21,22)12-8-6-7-11(15)14(12)17(19)20/h6-8,16H,2-5,9-10,15H2,1H3. The molecule has 3 N–H and O–H groups in total. The maximum absolute atomic E-state index is 12.1. The van der Waals surface area contributed by atoms with E-state index in [1.807, 2.05) is 11.6 Å². The molecule has 0 saturated carbocycles. The molecule has 0 aliphatic heterocycles. The molecule has 0 amide bonds. The fraction of sp³-hybridized carbons (Fsp3) is 0.500. The second-order valence-electron chi connectivity index (χ2n) is 5.07. The summed E-state index contributed by atoms with van der Waals surface area (Å²) in [5, 5.41) is 11.0. The smallest absolute Gasteiger partial charge is 0.312 e. The maximum atomic E-state index is 12.1. The molecule has 0 aliphatic rings. The van der Waals surface area contributed by atoms with Crippen molar-refractivity contribution in [1.29, 1.82) is 0 Å². The van der Waals surface area contributed by atoms with Crippen molar-refractivity contribution >= 4 is 27.4 Å². The lowest BCUT2D eigenvalue weighted by molar-refractivity contribution is -0.386. The molecule has 0 aliphatic carbocycles. The van der Waals surface area contributed by atoms with Crippen molar-refractivity contribution in [2.45, 2.75) is 43.9 Å². The van der Waals surface area contributed by atoms with Crippen molar-refractivity contribution in [3.63, 3.8) is 0 Å². The molecular formula is C14H21N3O6S. The van der Waals surface area contributed by atoms with E-state index in [1.54, 1.807) is 0 Å². The molecule has 1 aromatic rings. The van der Waals surface area contributed by atoms with Gasteiger partial charge in [0, 0.05) is 6.42 Å². The second kappa shape index (κ2) is 9.18. The zero-order chi connectivity index (χ0) is 18.2. The van der Waals surface area contributed by atoms with E-state index in [0.717, 1.165) is 25.3 Å². The van der Waals surface area contributed by atoms with Crippen LogP contribution in [0.15, 0.2) is 23.1 Å². The summed E-state index contributed by atoms with van der Waals surface area (Å²) >= 11 is 0. The molecule has 0 atom stereocenters. The number of ether oxygens (including phenoxy) is 1. The molecule has 0 aromatic heterocycles. The van der Waals surface area contributed by atoms with Crippen LogP contribution in [0.5, 0.6) is 0 Å². The summed E-state index contributed by atoms with van der Waals surface area (Å²) in [7, 11) is -4.23. The van der Waals surface area contributed by atoms with Crippen molar-refractivity contribution in [3.05, 3.63) is 28.3 Å². The topological polar surface area (TPSA) is 142 Å². The number of nitrogens with zero attached hydrogens (tertiary/aromatic N) is 1. The van der Waals surface area contributed by atoms with Gasteiger partial charge < -0.3 is 10.5 Å². The van der Waals surface area contributed by atoms with Gasteiger partial charge in [0.2, 0.25) is 10.0 Å². The summed E-state index contributed by atoms with van der Waals surface area (Å²) in [6, 6.07) is 3.58. The van der Waals surface area contributed by atoms with Crippen molar-refractivity contribution in [3.8, 4) is 0 Å². The molecule has 0 unspecified atom stereocenters. The molecule has 24 heavy (non-hydrogen) atoms. The summed E-state index contributed by atoms with van der Waals surface area (Å²) in [4.78, 5) is 21.0. The van der Waals surface area contributed by atoms with Crippen molar-refractivity contribution in [2.24, 2.45) is 0 Å². The number of anilines is 1. The highest BCUT2D eigenvalue weighted by molar-refractivity contribution is 7.89. The Bertz CT molecular complexity index is 690. The quantitative estimate of drug-likeness (QED) is 0.162. The summed E-state index contributed by atoms with van der Waals surface area (Å²) in [5.41, 5.74) is 4.48. The number of hydrogen-bond donors (Lipinski definition) is 2. The Morgan fingerprint density at radius 2 is 2.04 bits per heavy atom. The third-order valence-electron chi connectivity index (χ3n) is 3.22. The molecular weight excluding hydrogens is 338 g/mol. The third-order valence-corrected chi connectivity index (χ3v) is 4.63. The number of unbranched alkanes of at least 4 members (excludes halogenated alkanes) is 3. The summed E-state index contributed by atoms with van der Waals surface area (Å²) < 4.78 is 31.0. The van der Waals surface area contributed by atoms with Crippen LogP contribution < -0.4 is 10.5 Å². The van der Waals surface area contributed by atoms with E-state index in [1.165, 1.54) is 12.1 Å². The number of benzene rings is 1. The summed E-state index contributed by atoms with van der Waals surface area (Å²) in [6.45, 7) is 1.45. The molecule has 134 valence electrons. The highest BCUT2D eigenvalue weighted by Gasteiger charge is 2.28. The minimum Gasteiger partial charge on any atom is -0.449 e. The fourth-order valence-corrected chi connectivity index (χ4v) is 3.06. The molecule has 0 heterocycles. The van der Waals surface area contributed by atoms with Crippen LogP contribution in [-0.4, -0.2) is 26.0 Å². The number of carbonyl (C=O) groups is 1. The number of nitrogens with one attached hydrogen (secondary N) is 1. The van der Waals surface area contributed by atoms with E-state index >= 15 is 0 Å². The Labute approximate surface area is 140 Å². The average Bonchev–Trinajstić information content (AvgIpc) is 2.50. The number of esters is 1. The first-order valence-corrected chi connectivity index (χ1v) is 8.96. The highest BCUT2D eigenvalue weighted by atomic mass is 32.2. The minimum absolute atomic E-state index is 0.195. The van der Waals surface area contributed by atoms with E-state index < -0.39 is 38.2 Å². The highest BCUT2D eigenvalue weighted by Crippen LogP contribution is 2.29. The van der Waals surface area contributed by atoms with E-state index in [-0.39, 0.29) is 12.1 Å². The van der Waals surface area contributed by atoms with Gasteiger partial charge in [-0.05, 0) is 18.6 Å². The first kappa shape index (κ1) is 19.8. The largest absolute Gasteiger partial charge is 0.449 e. The number of sulfonamides is 1. The second-order valence-corrected chi connectivity index (χ2v) is 6.81. The summed E-state index contributed by atoms with van der Waals surface area (Å²) in [5.74, 6) is -0.532. The molecule has 9 nitrogen and oxygen atoms in total. The van der Waals surface area contributed by atoms with Crippen LogP contribution in [0, 0.1) is 10.1 Å². The van der Waals surface area contributed by atoms with Gasteiger partial charge in [0.05, 0.1) is 4.92 Å². The van der Waals surface area contributed by atoms with Gasteiger partial charge in [-0.15, -0.1) is 0 Å². The lowest BCUT2D eigenvalue weighted by Crippen LogP contribution is -2.28. The van der Waals surface area contributed by atoms with Crippen LogP contribution in [-0.2, 0) is 19.6 Å². The van der Waals surface area contributed by atoms with Crippen molar-refractivity contribution < 1.29 is 22.9 Å².